The molecular weight excluding hydrogens is 586 g/mol. The maximum absolute atomic E-state index is 12.9. The SMILES string of the molecule is C=CCOC(=O)N1CCc2c(-c3cnc(N(Cc4ccc(OC)cc4)Cc4ccc(OC)cc4)nc3)nc(N3CCOCC3)nc21. The third-order valence-electron chi connectivity index (χ3n) is 7.91. The molecule has 6 rings (SSSR count). The smallest absolute Gasteiger partial charge is 0.415 e. The molecule has 0 spiro atoms. The predicted octanol–water partition coefficient (Wildman–Crippen LogP) is 4.68. The molecular formula is C34H37N7O5. The van der Waals surface area contributed by atoms with E-state index in [4.69, 9.17) is 38.9 Å². The summed E-state index contributed by atoms with van der Waals surface area (Å²) in [6.45, 7) is 7.84. The van der Waals surface area contributed by atoms with Crippen LogP contribution in [0.3, 0.4) is 0 Å². The van der Waals surface area contributed by atoms with Crippen LogP contribution in [0.1, 0.15) is 16.7 Å². The van der Waals surface area contributed by atoms with Gasteiger partial charge in [0, 0.05) is 56.2 Å². The molecule has 1 saturated heterocycles. The summed E-state index contributed by atoms with van der Waals surface area (Å²) in [4.78, 5) is 38.1. The maximum atomic E-state index is 12.9. The molecule has 1 amide bonds. The molecule has 2 aromatic heterocycles. The molecule has 2 aromatic carbocycles. The van der Waals surface area contributed by atoms with Crippen LogP contribution < -0.4 is 24.2 Å². The Morgan fingerprint density at radius 1 is 0.913 bits per heavy atom. The van der Waals surface area contributed by atoms with E-state index >= 15 is 0 Å². The Labute approximate surface area is 268 Å². The van der Waals surface area contributed by atoms with Gasteiger partial charge in [0.05, 0.1) is 33.1 Å². The molecule has 0 aliphatic carbocycles. The molecule has 238 valence electrons. The van der Waals surface area contributed by atoms with Crippen molar-refractivity contribution in [1.82, 2.24) is 19.9 Å². The number of rotatable bonds is 11. The molecule has 4 aromatic rings. The molecule has 2 aliphatic heterocycles. The van der Waals surface area contributed by atoms with Crippen molar-refractivity contribution in [1.29, 1.82) is 0 Å². The minimum absolute atomic E-state index is 0.123. The second kappa shape index (κ2) is 14.2. The minimum Gasteiger partial charge on any atom is -0.497 e. The molecule has 4 heterocycles. The Hall–Kier alpha value is -5.23. The number of hydrogen-bond acceptors (Lipinski definition) is 11. The Morgan fingerprint density at radius 3 is 2.09 bits per heavy atom. The molecule has 0 saturated carbocycles. The van der Waals surface area contributed by atoms with E-state index in [1.807, 2.05) is 48.5 Å². The quantitative estimate of drug-likeness (QED) is 0.217. The van der Waals surface area contributed by atoms with Gasteiger partial charge < -0.3 is 28.7 Å². The average Bonchev–Trinajstić information content (AvgIpc) is 3.55. The summed E-state index contributed by atoms with van der Waals surface area (Å²) in [5.74, 6) is 3.25. The van der Waals surface area contributed by atoms with Gasteiger partial charge in [0.25, 0.3) is 0 Å². The van der Waals surface area contributed by atoms with Crippen molar-refractivity contribution in [3.63, 3.8) is 0 Å². The first kappa shape index (κ1) is 30.8. The van der Waals surface area contributed by atoms with Gasteiger partial charge in [-0.25, -0.2) is 19.7 Å². The van der Waals surface area contributed by atoms with E-state index in [0.717, 1.165) is 33.8 Å². The van der Waals surface area contributed by atoms with E-state index in [2.05, 4.69) is 16.4 Å². The van der Waals surface area contributed by atoms with Gasteiger partial charge in [-0.3, -0.25) is 4.90 Å². The second-order valence-electron chi connectivity index (χ2n) is 10.9. The van der Waals surface area contributed by atoms with Crippen LogP contribution in [0.5, 0.6) is 11.5 Å². The van der Waals surface area contributed by atoms with E-state index in [-0.39, 0.29) is 6.61 Å². The third kappa shape index (κ3) is 6.86. The van der Waals surface area contributed by atoms with E-state index in [0.29, 0.717) is 75.8 Å². The topological polar surface area (TPSA) is 115 Å². The van der Waals surface area contributed by atoms with E-state index in [1.54, 1.807) is 37.6 Å². The number of methoxy groups -OCH3 is 2. The van der Waals surface area contributed by atoms with E-state index in [9.17, 15) is 4.79 Å². The van der Waals surface area contributed by atoms with Crippen LogP contribution in [0, 0.1) is 0 Å². The number of nitrogens with zero attached hydrogens (tertiary/aromatic N) is 7. The lowest BCUT2D eigenvalue weighted by Crippen LogP contribution is -2.38. The molecule has 0 N–H and O–H groups in total. The summed E-state index contributed by atoms with van der Waals surface area (Å²) in [7, 11) is 3.31. The van der Waals surface area contributed by atoms with E-state index < -0.39 is 6.09 Å². The largest absolute Gasteiger partial charge is 0.497 e. The summed E-state index contributed by atoms with van der Waals surface area (Å²) in [5.41, 5.74) is 4.49. The third-order valence-corrected chi connectivity index (χ3v) is 7.91. The van der Waals surface area contributed by atoms with Crippen LogP contribution in [-0.2, 0) is 29.0 Å². The van der Waals surface area contributed by atoms with E-state index in [1.165, 1.54) is 0 Å². The van der Waals surface area contributed by atoms with Gasteiger partial charge in [0.2, 0.25) is 11.9 Å². The van der Waals surface area contributed by atoms with Crippen LogP contribution in [0.2, 0.25) is 0 Å². The van der Waals surface area contributed by atoms with Gasteiger partial charge in [0.15, 0.2) is 0 Å². The first-order valence-electron chi connectivity index (χ1n) is 15.2. The fraction of sp³-hybridized carbons (Fsp3) is 0.324. The van der Waals surface area contributed by atoms with Crippen molar-refractivity contribution in [2.45, 2.75) is 19.5 Å². The molecule has 1 fully saturated rings. The number of benzene rings is 2. The number of ether oxygens (including phenoxy) is 4. The molecule has 12 heteroatoms. The molecule has 0 unspecified atom stereocenters. The van der Waals surface area contributed by atoms with Gasteiger partial charge in [-0.2, -0.15) is 4.98 Å². The fourth-order valence-corrected chi connectivity index (χ4v) is 5.48. The standard InChI is InChI=1S/C34H37N7O5/c1-4-17-46-34(42)41-14-13-29-30(37-33(38-31(29)41)39-15-18-45-19-16-39)26-20-35-32(36-21-26)40(22-24-5-9-27(43-2)10-6-24)23-25-7-11-28(44-3)12-8-25/h4-12,20-21H,1,13-19,22-23H2,2-3H3. The number of morpholine rings is 1. The highest BCUT2D eigenvalue weighted by molar-refractivity contribution is 5.91. The van der Waals surface area contributed by atoms with Crippen LogP contribution >= 0.6 is 0 Å². The summed E-state index contributed by atoms with van der Waals surface area (Å²) >= 11 is 0. The monoisotopic (exact) mass is 623 g/mol. The van der Waals surface area contributed by atoms with Crippen molar-refractivity contribution in [3.05, 3.63) is 90.3 Å². The molecule has 0 atom stereocenters. The zero-order valence-corrected chi connectivity index (χ0v) is 26.1. The summed E-state index contributed by atoms with van der Waals surface area (Å²) in [6.07, 6.45) is 5.25. The number of carbonyl (C=O) groups excluding carboxylic acids is 1. The van der Waals surface area contributed by atoms with Crippen LogP contribution in [0.25, 0.3) is 11.3 Å². The molecule has 46 heavy (non-hydrogen) atoms. The summed E-state index contributed by atoms with van der Waals surface area (Å²) in [6, 6.07) is 15.9. The zero-order valence-electron chi connectivity index (χ0n) is 26.1. The summed E-state index contributed by atoms with van der Waals surface area (Å²) < 4.78 is 21.6. The van der Waals surface area contributed by atoms with Gasteiger partial charge >= 0.3 is 6.09 Å². The molecule has 2 aliphatic rings. The zero-order chi connectivity index (χ0) is 31.9. The number of aromatic nitrogens is 4. The Morgan fingerprint density at radius 2 is 1.52 bits per heavy atom. The van der Waals surface area contributed by atoms with Crippen LogP contribution in [0.15, 0.2) is 73.6 Å². The predicted molar refractivity (Wildman–Crippen MR) is 175 cm³/mol. The maximum Gasteiger partial charge on any atom is 0.415 e. The number of anilines is 3. The minimum atomic E-state index is -0.462. The second-order valence-corrected chi connectivity index (χ2v) is 10.9. The van der Waals surface area contributed by atoms with Crippen molar-refractivity contribution >= 4 is 23.8 Å². The highest BCUT2D eigenvalue weighted by Crippen LogP contribution is 2.36. The van der Waals surface area contributed by atoms with Crippen molar-refractivity contribution in [2.75, 3.05) is 68.4 Å². The van der Waals surface area contributed by atoms with Gasteiger partial charge in [-0.1, -0.05) is 36.9 Å². The van der Waals surface area contributed by atoms with Crippen LogP contribution in [-0.4, -0.2) is 79.7 Å². The van der Waals surface area contributed by atoms with Gasteiger partial charge in [-0.05, 0) is 41.8 Å². The first-order valence-corrected chi connectivity index (χ1v) is 15.2. The highest BCUT2D eigenvalue weighted by atomic mass is 16.6. The van der Waals surface area contributed by atoms with Gasteiger partial charge in [0.1, 0.15) is 23.9 Å². The number of hydrogen-bond donors (Lipinski definition) is 0. The Balaban J connectivity index is 1.33. The molecule has 0 radical (unpaired) electrons. The van der Waals surface area contributed by atoms with Gasteiger partial charge in [-0.15, -0.1) is 0 Å². The van der Waals surface area contributed by atoms with Crippen LogP contribution in [0.4, 0.5) is 22.5 Å². The number of fused-ring (bicyclic) bond motifs is 1. The number of carbonyl (C=O) groups is 1. The lowest BCUT2D eigenvalue weighted by atomic mass is 10.1. The highest BCUT2D eigenvalue weighted by Gasteiger charge is 2.32. The average molecular weight is 624 g/mol. The molecule has 12 nitrogen and oxygen atoms in total. The lowest BCUT2D eigenvalue weighted by Gasteiger charge is -2.28. The van der Waals surface area contributed by atoms with Crippen molar-refractivity contribution in [3.8, 4) is 22.8 Å². The molecule has 0 bridgehead atoms. The van der Waals surface area contributed by atoms with Crippen molar-refractivity contribution < 1.29 is 23.7 Å². The Kier molecular flexibility index (Phi) is 9.54. The summed E-state index contributed by atoms with van der Waals surface area (Å²) in [5, 5.41) is 0. The Bertz CT molecular complexity index is 1590. The lowest BCUT2D eigenvalue weighted by molar-refractivity contribution is 0.122. The fourth-order valence-electron chi connectivity index (χ4n) is 5.48. The van der Waals surface area contributed by atoms with Crippen molar-refractivity contribution in [2.24, 2.45) is 0 Å². The first-order chi connectivity index (χ1) is 22.6. The normalized spacial score (nSPS) is 14.0. The number of amides is 1.